The van der Waals surface area contributed by atoms with E-state index in [2.05, 4.69) is 0 Å². The molecule has 0 bridgehead atoms. The van der Waals surface area contributed by atoms with Gasteiger partial charge in [-0.05, 0) is 42.2 Å². The monoisotopic (exact) mass is 342 g/mol. The van der Waals surface area contributed by atoms with Gasteiger partial charge in [-0.2, -0.15) is 0 Å². The molecule has 6 nitrogen and oxygen atoms in total. The molecule has 130 valence electrons. The molecule has 0 saturated heterocycles. The van der Waals surface area contributed by atoms with Crippen LogP contribution in [0.25, 0.3) is 0 Å². The predicted octanol–water partition coefficient (Wildman–Crippen LogP) is 3.15. The molecule has 6 heteroatoms. The first kappa shape index (κ1) is 16.8. The first-order chi connectivity index (χ1) is 12.0. The summed E-state index contributed by atoms with van der Waals surface area (Å²) in [6.07, 6.45) is 0.699. The summed E-state index contributed by atoms with van der Waals surface area (Å²) in [5, 5.41) is 9.13. The molecule has 0 radical (unpaired) electrons. The number of benzene rings is 2. The van der Waals surface area contributed by atoms with Crippen LogP contribution in [0.4, 0.5) is 0 Å². The summed E-state index contributed by atoms with van der Waals surface area (Å²) in [5.74, 6) is -0.261. The number of rotatable bonds is 6. The number of carboxylic acids is 1. The zero-order valence-corrected chi connectivity index (χ0v) is 13.7. The Morgan fingerprint density at radius 2 is 1.84 bits per heavy atom. The Morgan fingerprint density at radius 3 is 2.60 bits per heavy atom. The summed E-state index contributed by atoms with van der Waals surface area (Å²) >= 11 is 0. The van der Waals surface area contributed by atoms with Crippen LogP contribution in [-0.2, 0) is 11.2 Å². The highest BCUT2D eigenvalue weighted by atomic mass is 16.7. The molecule has 0 fully saturated rings. The van der Waals surface area contributed by atoms with Crippen molar-refractivity contribution in [3.05, 3.63) is 59.2 Å². The summed E-state index contributed by atoms with van der Waals surface area (Å²) in [4.78, 5) is 23.3. The van der Waals surface area contributed by atoms with Gasteiger partial charge < -0.3 is 19.3 Å². The second-order valence-corrected chi connectivity index (χ2v) is 5.95. The van der Waals surface area contributed by atoms with Crippen LogP contribution < -0.4 is 9.47 Å². The van der Waals surface area contributed by atoms with Gasteiger partial charge >= 0.3 is 11.9 Å². The molecular weight excluding hydrogens is 324 g/mol. The molecule has 3 rings (SSSR count). The lowest BCUT2D eigenvalue weighted by Gasteiger charge is -2.13. The van der Waals surface area contributed by atoms with E-state index in [4.69, 9.17) is 19.3 Å². The molecule has 0 saturated carbocycles. The lowest BCUT2D eigenvalue weighted by molar-refractivity contribution is 0.0441. The molecule has 25 heavy (non-hydrogen) atoms. The van der Waals surface area contributed by atoms with Crippen LogP contribution in [0.1, 0.15) is 33.2 Å². The number of aromatic carboxylic acids is 1. The number of carbonyl (C=O) groups excluding carboxylic acids is 1. The molecule has 1 aliphatic rings. The van der Waals surface area contributed by atoms with E-state index in [9.17, 15) is 9.59 Å². The second-order valence-electron chi connectivity index (χ2n) is 5.95. The van der Waals surface area contributed by atoms with Crippen molar-refractivity contribution in [2.24, 2.45) is 5.92 Å². The highest BCUT2D eigenvalue weighted by Gasteiger charge is 2.18. The minimum absolute atomic E-state index is 0.0593. The summed E-state index contributed by atoms with van der Waals surface area (Å²) in [5.41, 5.74) is 1.06. The molecule has 1 atom stereocenters. The van der Waals surface area contributed by atoms with Crippen LogP contribution >= 0.6 is 0 Å². The highest BCUT2D eigenvalue weighted by Crippen LogP contribution is 2.33. The van der Waals surface area contributed by atoms with Crippen molar-refractivity contribution >= 4 is 11.9 Å². The van der Waals surface area contributed by atoms with Crippen molar-refractivity contribution < 1.29 is 28.9 Å². The van der Waals surface area contributed by atoms with Gasteiger partial charge in [-0.3, -0.25) is 0 Å². The van der Waals surface area contributed by atoms with Crippen molar-refractivity contribution in [1.29, 1.82) is 0 Å². The Hall–Kier alpha value is -3.02. The zero-order chi connectivity index (χ0) is 17.8. The number of hydrogen-bond acceptors (Lipinski definition) is 5. The number of carbonyl (C=O) groups is 2. The average Bonchev–Trinajstić information content (AvgIpc) is 3.07. The first-order valence-electron chi connectivity index (χ1n) is 7.92. The highest BCUT2D eigenvalue weighted by molar-refractivity contribution is 6.02. The van der Waals surface area contributed by atoms with Crippen LogP contribution in [0.15, 0.2) is 42.5 Å². The lowest BCUT2D eigenvalue weighted by Crippen LogP contribution is -2.16. The Balaban J connectivity index is 1.58. The molecule has 1 heterocycles. The third-order valence-electron chi connectivity index (χ3n) is 3.90. The third-order valence-corrected chi connectivity index (χ3v) is 3.90. The van der Waals surface area contributed by atoms with Crippen LogP contribution in [0.5, 0.6) is 11.5 Å². The van der Waals surface area contributed by atoms with Gasteiger partial charge in [0.05, 0.1) is 17.7 Å². The van der Waals surface area contributed by atoms with Crippen LogP contribution in [0.2, 0.25) is 0 Å². The van der Waals surface area contributed by atoms with Crippen molar-refractivity contribution in [3.63, 3.8) is 0 Å². The molecule has 1 N–H and O–H groups in total. The third kappa shape index (κ3) is 3.91. The SMILES string of the molecule is C[C@H](COC(=O)c1ccccc1C(=O)O)Cc1ccc2c(c1)OCO2. The molecule has 0 unspecified atom stereocenters. The van der Waals surface area contributed by atoms with Crippen molar-refractivity contribution in [2.75, 3.05) is 13.4 Å². The Morgan fingerprint density at radius 1 is 1.12 bits per heavy atom. The number of carboxylic acid groups (broad SMARTS) is 1. The van der Waals surface area contributed by atoms with E-state index < -0.39 is 11.9 Å². The maximum absolute atomic E-state index is 12.2. The van der Waals surface area contributed by atoms with Crippen LogP contribution in [-0.4, -0.2) is 30.4 Å². The van der Waals surface area contributed by atoms with Gasteiger partial charge in [-0.1, -0.05) is 25.1 Å². The Labute approximate surface area is 144 Å². The fourth-order valence-electron chi connectivity index (χ4n) is 2.67. The molecule has 0 aromatic heterocycles. The molecular formula is C19H18O6. The Bertz CT molecular complexity index is 798. The lowest BCUT2D eigenvalue weighted by atomic mass is 10.0. The van der Waals surface area contributed by atoms with E-state index in [-0.39, 0.29) is 30.4 Å². The standard InChI is InChI=1S/C19H18O6/c1-12(8-13-6-7-16-17(9-13)25-11-24-16)10-23-19(22)15-5-3-2-4-14(15)18(20)21/h2-7,9,12H,8,10-11H2,1H3,(H,20,21)/t12-/m0/s1. The average molecular weight is 342 g/mol. The van der Waals surface area contributed by atoms with Gasteiger partial charge in [-0.25, -0.2) is 9.59 Å². The number of ether oxygens (including phenoxy) is 3. The van der Waals surface area contributed by atoms with E-state index in [1.807, 2.05) is 25.1 Å². The van der Waals surface area contributed by atoms with E-state index in [0.29, 0.717) is 6.42 Å². The number of esters is 1. The van der Waals surface area contributed by atoms with Gasteiger partial charge in [0.2, 0.25) is 6.79 Å². The fraction of sp³-hybridized carbons (Fsp3) is 0.263. The van der Waals surface area contributed by atoms with Crippen molar-refractivity contribution in [3.8, 4) is 11.5 Å². The largest absolute Gasteiger partial charge is 0.478 e. The van der Waals surface area contributed by atoms with Crippen LogP contribution in [0.3, 0.4) is 0 Å². The summed E-state index contributed by atoms with van der Waals surface area (Å²) < 4.78 is 15.9. The fourth-order valence-corrected chi connectivity index (χ4v) is 2.67. The number of fused-ring (bicyclic) bond motifs is 1. The van der Waals surface area contributed by atoms with Gasteiger partial charge in [0.1, 0.15) is 0 Å². The van der Waals surface area contributed by atoms with Crippen LogP contribution in [0, 0.1) is 5.92 Å². The maximum Gasteiger partial charge on any atom is 0.339 e. The summed E-state index contributed by atoms with van der Waals surface area (Å²) in [6.45, 7) is 2.39. The minimum atomic E-state index is -1.15. The van der Waals surface area contributed by atoms with E-state index in [0.717, 1.165) is 17.1 Å². The van der Waals surface area contributed by atoms with E-state index in [1.165, 1.54) is 12.1 Å². The molecule has 0 aliphatic carbocycles. The summed E-state index contributed by atoms with van der Waals surface area (Å²) in [7, 11) is 0. The minimum Gasteiger partial charge on any atom is -0.478 e. The Kier molecular flexibility index (Phi) is 4.88. The zero-order valence-electron chi connectivity index (χ0n) is 13.7. The second kappa shape index (κ2) is 7.25. The van der Waals surface area contributed by atoms with Gasteiger partial charge in [-0.15, -0.1) is 0 Å². The van der Waals surface area contributed by atoms with Crippen molar-refractivity contribution in [2.45, 2.75) is 13.3 Å². The smallest absolute Gasteiger partial charge is 0.339 e. The first-order valence-corrected chi connectivity index (χ1v) is 7.92. The van der Waals surface area contributed by atoms with Gasteiger partial charge in [0.25, 0.3) is 0 Å². The normalized spacial score (nSPS) is 13.3. The van der Waals surface area contributed by atoms with Crippen molar-refractivity contribution in [1.82, 2.24) is 0 Å². The molecule has 1 aliphatic heterocycles. The quantitative estimate of drug-likeness (QED) is 0.812. The maximum atomic E-state index is 12.2. The molecule has 2 aromatic rings. The predicted molar refractivity (Wildman–Crippen MR) is 89.1 cm³/mol. The molecule has 2 aromatic carbocycles. The molecule has 0 spiro atoms. The van der Waals surface area contributed by atoms with E-state index in [1.54, 1.807) is 12.1 Å². The topological polar surface area (TPSA) is 82.1 Å². The molecule has 0 amide bonds. The number of hydrogen-bond donors (Lipinski definition) is 1. The van der Waals surface area contributed by atoms with E-state index >= 15 is 0 Å². The van der Waals surface area contributed by atoms with Gasteiger partial charge in [0.15, 0.2) is 11.5 Å². The summed E-state index contributed by atoms with van der Waals surface area (Å²) in [6, 6.07) is 11.7. The van der Waals surface area contributed by atoms with Gasteiger partial charge in [0, 0.05) is 0 Å².